The fraction of sp³-hybridized carbons (Fsp3) is 0.300. The van der Waals surface area contributed by atoms with Crippen molar-refractivity contribution in [2.24, 2.45) is 0 Å². The van der Waals surface area contributed by atoms with Gasteiger partial charge in [0, 0.05) is 18.2 Å². The Hall–Kier alpha value is -2.66. The van der Waals surface area contributed by atoms with Crippen molar-refractivity contribution < 1.29 is 14.5 Å². The van der Waals surface area contributed by atoms with Gasteiger partial charge in [-0.15, -0.1) is 0 Å². The lowest BCUT2D eigenvalue weighted by Crippen LogP contribution is -3.09. The first kappa shape index (κ1) is 18.7. The molecule has 0 saturated carbocycles. The van der Waals surface area contributed by atoms with Crippen LogP contribution in [0.15, 0.2) is 54.6 Å². The number of likely N-dealkylation sites (N-methyl/N-ethyl adjacent to an activating group) is 1. The molecule has 25 heavy (non-hydrogen) atoms. The summed E-state index contributed by atoms with van der Waals surface area (Å²) in [5.74, 6) is -0.312. The minimum absolute atomic E-state index is 0.312. The Morgan fingerprint density at radius 3 is 2.16 bits per heavy atom. The molecule has 5 heteroatoms. The Morgan fingerprint density at radius 2 is 1.60 bits per heavy atom. The number of imide groups is 1. The van der Waals surface area contributed by atoms with Gasteiger partial charge in [0.25, 0.3) is 5.91 Å². The van der Waals surface area contributed by atoms with E-state index in [9.17, 15) is 9.59 Å². The van der Waals surface area contributed by atoms with Crippen LogP contribution in [-0.2, 0) is 17.8 Å². The molecule has 0 heterocycles. The predicted molar refractivity (Wildman–Crippen MR) is 98.2 cm³/mol. The van der Waals surface area contributed by atoms with E-state index >= 15 is 0 Å². The third-order valence-corrected chi connectivity index (χ3v) is 4.27. The highest BCUT2D eigenvalue weighted by Crippen LogP contribution is 2.11. The van der Waals surface area contributed by atoms with Crippen molar-refractivity contribution in [3.63, 3.8) is 0 Å². The van der Waals surface area contributed by atoms with Gasteiger partial charge in [0.2, 0.25) is 0 Å². The first-order valence-corrected chi connectivity index (χ1v) is 8.52. The van der Waals surface area contributed by atoms with Gasteiger partial charge in [-0.05, 0) is 12.0 Å². The number of carbonyl (C=O) groups is 2. The summed E-state index contributed by atoms with van der Waals surface area (Å²) in [5, 5.41) is 4.83. The number of hydrogen-bond acceptors (Lipinski definition) is 2. The third kappa shape index (κ3) is 5.16. The van der Waals surface area contributed by atoms with Crippen molar-refractivity contribution in [2.75, 3.05) is 14.1 Å². The van der Waals surface area contributed by atoms with Crippen molar-refractivity contribution in [3.05, 3.63) is 71.3 Å². The summed E-state index contributed by atoms with van der Waals surface area (Å²) in [6, 6.07) is 17.0. The van der Waals surface area contributed by atoms with Crippen LogP contribution >= 0.6 is 0 Å². The minimum Gasteiger partial charge on any atom is -0.341 e. The summed E-state index contributed by atoms with van der Waals surface area (Å²) in [6.07, 6.45) is 1.00. The van der Waals surface area contributed by atoms with Crippen LogP contribution in [0, 0.1) is 0 Å². The summed E-state index contributed by atoms with van der Waals surface area (Å²) in [7, 11) is 3.46. The molecule has 0 aliphatic heterocycles. The van der Waals surface area contributed by atoms with Crippen molar-refractivity contribution in [1.29, 1.82) is 0 Å². The Morgan fingerprint density at radius 1 is 1.00 bits per heavy atom. The van der Waals surface area contributed by atoms with Gasteiger partial charge in [-0.1, -0.05) is 61.5 Å². The van der Waals surface area contributed by atoms with Gasteiger partial charge in [-0.2, -0.15) is 0 Å². The first-order chi connectivity index (χ1) is 12.0. The maximum absolute atomic E-state index is 12.7. The lowest BCUT2D eigenvalue weighted by atomic mass is 10.0. The second kappa shape index (κ2) is 8.99. The van der Waals surface area contributed by atoms with E-state index in [0.717, 1.165) is 22.4 Å². The number of carbonyl (C=O) groups excluding carboxylic acids is 2. The molecule has 0 radical (unpaired) electrons. The number of quaternary nitrogens is 1. The average molecular weight is 340 g/mol. The maximum Gasteiger partial charge on any atom is 0.321 e. The van der Waals surface area contributed by atoms with E-state index in [-0.39, 0.29) is 5.91 Å². The highest BCUT2D eigenvalue weighted by atomic mass is 16.2. The first-order valence-electron chi connectivity index (χ1n) is 8.52. The molecule has 2 rings (SSSR count). The molecule has 0 saturated heterocycles. The summed E-state index contributed by atoms with van der Waals surface area (Å²) >= 11 is 0. The molecule has 2 aromatic rings. The highest BCUT2D eigenvalue weighted by Gasteiger charge is 2.30. The van der Waals surface area contributed by atoms with Crippen LogP contribution in [-0.4, -0.2) is 26.0 Å². The smallest absolute Gasteiger partial charge is 0.321 e. The van der Waals surface area contributed by atoms with Gasteiger partial charge in [0.1, 0.15) is 6.54 Å². The van der Waals surface area contributed by atoms with E-state index in [2.05, 4.69) is 41.8 Å². The van der Waals surface area contributed by atoms with Crippen LogP contribution in [0.2, 0.25) is 0 Å². The number of urea groups is 1. The van der Waals surface area contributed by atoms with E-state index in [0.29, 0.717) is 6.54 Å². The normalized spacial score (nSPS) is 12.9. The van der Waals surface area contributed by atoms with Crippen LogP contribution in [0.25, 0.3) is 0 Å². The van der Waals surface area contributed by atoms with E-state index in [1.54, 1.807) is 0 Å². The monoisotopic (exact) mass is 340 g/mol. The van der Waals surface area contributed by atoms with Gasteiger partial charge in [-0.3, -0.25) is 10.1 Å². The van der Waals surface area contributed by atoms with Crippen LogP contribution in [0.4, 0.5) is 4.79 Å². The van der Waals surface area contributed by atoms with Gasteiger partial charge in [0.05, 0.1) is 7.05 Å². The zero-order valence-corrected chi connectivity index (χ0v) is 15.0. The van der Waals surface area contributed by atoms with Crippen molar-refractivity contribution in [2.45, 2.75) is 25.9 Å². The van der Waals surface area contributed by atoms with Crippen LogP contribution in [0.1, 0.15) is 29.7 Å². The SMILES string of the molecule is CCc1ccc(C[NH+](C)[C@H](C(=O)NC(=O)NC)c2ccccc2)cc1. The highest BCUT2D eigenvalue weighted by molar-refractivity contribution is 5.96. The van der Waals surface area contributed by atoms with E-state index < -0.39 is 12.1 Å². The van der Waals surface area contributed by atoms with E-state index in [1.165, 1.54) is 12.6 Å². The summed E-state index contributed by atoms with van der Waals surface area (Å²) in [5.41, 5.74) is 3.33. The predicted octanol–water partition coefficient (Wildman–Crippen LogP) is 1.46. The Kier molecular flexibility index (Phi) is 6.71. The zero-order chi connectivity index (χ0) is 18.2. The molecular formula is C20H26N3O2+. The molecular weight excluding hydrogens is 314 g/mol. The van der Waals surface area contributed by atoms with Crippen LogP contribution in [0.3, 0.4) is 0 Å². The molecule has 132 valence electrons. The van der Waals surface area contributed by atoms with Crippen LogP contribution in [0.5, 0.6) is 0 Å². The van der Waals surface area contributed by atoms with Gasteiger partial charge >= 0.3 is 6.03 Å². The number of rotatable bonds is 6. The average Bonchev–Trinajstić information content (AvgIpc) is 2.63. The Labute approximate surface area is 149 Å². The number of amides is 3. The molecule has 1 unspecified atom stereocenters. The lowest BCUT2D eigenvalue weighted by Gasteiger charge is -2.24. The molecule has 0 fully saturated rings. The molecule has 2 atom stereocenters. The lowest BCUT2D eigenvalue weighted by molar-refractivity contribution is -0.916. The fourth-order valence-corrected chi connectivity index (χ4v) is 2.87. The summed E-state index contributed by atoms with van der Waals surface area (Å²) < 4.78 is 0. The molecule has 0 aliphatic carbocycles. The van der Waals surface area contributed by atoms with Crippen molar-refractivity contribution in [1.82, 2.24) is 10.6 Å². The number of hydrogen-bond donors (Lipinski definition) is 3. The van der Waals surface area contributed by atoms with E-state index in [1.807, 2.05) is 37.4 Å². The molecule has 3 amide bonds. The Balaban J connectivity index is 2.21. The van der Waals surface area contributed by atoms with Crippen LogP contribution < -0.4 is 15.5 Å². The standard InChI is InChI=1S/C20H25N3O2/c1-4-15-10-12-16(13-11-15)14-23(3)18(17-8-6-5-7-9-17)19(24)22-20(25)21-2/h5-13,18H,4,14H2,1-3H3,(H2,21,22,24,25)/p+1/t18-/m0/s1. The molecule has 0 bridgehead atoms. The minimum atomic E-state index is -0.494. The summed E-state index contributed by atoms with van der Waals surface area (Å²) in [6.45, 7) is 2.81. The fourth-order valence-electron chi connectivity index (χ4n) is 2.87. The van der Waals surface area contributed by atoms with Gasteiger partial charge in [-0.25, -0.2) is 4.79 Å². The molecule has 3 N–H and O–H groups in total. The molecule has 2 aromatic carbocycles. The molecule has 0 aliphatic rings. The quantitative estimate of drug-likeness (QED) is 0.745. The van der Waals surface area contributed by atoms with Gasteiger partial charge < -0.3 is 10.2 Å². The van der Waals surface area contributed by atoms with Crippen molar-refractivity contribution >= 4 is 11.9 Å². The zero-order valence-electron chi connectivity index (χ0n) is 15.0. The number of benzene rings is 2. The Bertz CT molecular complexity index is 699. The molecule has 0 aromatic heterocycles. The van der Waals surface area contributed by atoms with E-state index in [4.69, 9.17) is 0 Å². The largest absolute Gasteiger partial charge is 0.341 e. The maximum atomic E-state index is 12.7. The second-order valence-corrected chi connectivity index (χ2v) is 6.11. The summed E-state index contributed by atoms with van der Waals surface area (Å²) in [4.78, 5) is 25.2. The molecule has 0 spiro atoms. The topological polar surface area (TPSA) is 62.6 Å². The third-order valence-electron chi connectivity index (χ3n) is 4.27. The molecule has 5 nitrogen and oxygen atoms in total. The second-order valence-electron chi connectivity index (χ2n) is 6.11. The van der Waals surface area contributed by atoms with Crippen molar-refractivity contribution in [3.8, 4) is 0 Å². The number of nitrogens with one attached hydrogen (secondary N) is 3. The number of aryl methyl sites for hydroxylation is 1. The van der Waals surface area contributed by atoms with Gasteiger partial charge in [0.15, 0.2) is 6.04 Å².